The summed E-state index contributed by atoms with van der Waals surface area (Å²) in [7, 11) is 0. The van der Waals surface area contributed by atoms with Crippen LogP contribution in [-0.4, -0.2) is 28.8 Å². The fourth-order valence-corrected chi connectivity index (χ4v) is 2.05. The van der Waals surface area contributed by atoms with E-state index >= 15 is 0 Å². The normalized spacial score (nSPS) is 12.5. The summed E-state index contributed by atoms with van der Waals surface area (Å²) < 4.78 is 32.2. The number of carbonyl (C=O) groups is 1. The maximum absolute atomic E-state index is 13.8. The number of carboxylic acid groups (broad SMARTS) is 1. The number of ether oxygens (including phenoxy) is 1. The van der Waals surface area contributed by atoms with Crippen molar-refractivity contribution in [2.75, 3.05) is 6.61 Å². The maximum atomic E-state index is 13.8. The molecule has 0 atom stereocenters. The van der Waals surface area contributed by atoms with Gasteiger partial charge in [-0.3, -0.25) is 0 Å². The SMILES string of the molecule is C=C(F)C(=C(F)COC(C)C)c1nc(C(=O)O)cs1. The number of aromatic carboxylic acids is 1. The molecule has 1 heterocycles. The van der Waals surface area contributed by atoms with Gasteiger partial charge in [0.15, 0.2) is 5.69 Å². The molecule has 0 fully saturated rings. The molecule has 0 aliphatic rings. The second-order valence-electron chi connectivity index (χ2n) is 3.89. The van der Waals surface area contributed by atoms with Crippen molar-refractivity contribution >= 4 is 22.9 Å². The predicted octanol–water partition coefficient (Wildman–Crippen LogP) is 3.43. The van der Waals surface area contributed by atoms with Crippen LogP contribution in [0.1, 0.15) is 29.3 Å². The molecule has 0 aromatic carbocycles. The summed E-state index contributed by atoms with van der Waals surface area (Å²) in [6, 6.07) is 0. The molecule has 0 aliphatic heterocycles. The Labute approximate surface area is 113 Å². The zero-order chi connectivity index (χ0) is 14.6. The number of carboxylic acids is 1. The Morgan fingerprint density at radius 3 is 2.63 bits per heavy atom. The molecule has 104 valence electrons. The van der Waals surface area contributed by atoms with E-state index in [2.05, 4.69) is 11.6 Å². The molecule has 7 heteroatoms. The first kappa shape index (κ1) is 15.5. The van der Waals surface area contributed by atoms with Crippen molar-refractivity contribution in [2.24, 2.45) is 0 Å². The van der Waals surface area contributed by atoms with Gasteiger partial charge < -0.3 is 9.84 Å². The van der Waals surface area contributed by atoms with Crippen LogP contribution in [-0.2, 0) is 4.74 Å². The van der Waals surface area contributed by atoms with E-state index in [0.717, 1.165) is 11.3 Å². The van der Waals surface area contributed by atoms with Gasteiger partial charge >= 0.3 is 5.97 Å². The highest BCUT2D eigenvalue weighted by Gasteiger charge is 2.19. The Morgan fingerprint density at radius 2 is 2.21 bits per heavy atom. The number of allylic oxidation sites excluding steroid dienone is 2. The monoisotopic (exact) mass is 289 g/mol. The summed E-state index contributed by atoms with van der Waals surface area (Å²) in [5, 5.41) is 9.86. The average molecular weight is 289 g/mol. The molecule has 0 aliphatic carbocycles. The summed E-state index contributed by atoms with van der Waals surface area (Å²) in [5.41, 5.74) is -0.713. The topological polar surface area (TPSA) is 59.4 Å². The van der Waals surface area contributed by atoms with Crippen LogP contribution < -0.4 is 0 Å². The van der Waals surface area contributed by atoms with Crippen molar-refractivity contribution in [2.45, 2.75) is 20.0 Å². The van der Waals surface area contributed by atoms with E-state index in [9.17, 15) is 13.6 Å². The lowest BCUT2D eigenvalue weighted by Gasteiger charge is -2.08. The standard InChI is InChI=1S/C12H13F2NO3S/c1-6(2)18-4-8(14)10(7(3)13)11-15-9(5-19-11)12(16)17/h5-6H,3-4H2,1-2H3,(H,16,17). The second-order valence-corrected chi connectivity index (χ2v) is 4.75. The molecule has 0 saturated heterocycles. The highest BCUT2D eigenvalue weighted by molar-refractivity contribution is 7.11. The number of hydrogen-bond donors (Lipinski definition) is 1. The Balaban J connectivity index is 3.08. The lowest BCUT2D eigenvalue weighted by atomic mass is 10.2. The molecule has 1 rings (SSSR count). The first-order valence-corrected chi connectivity index (χ1v) is 6.25. The minimum absolute atomic E-state index is 0.0743. The van der Waals surface area contributed by atoms with Gasteiger partial charge in [0.25, 0.3) is 0 Å². The minimum atomic E-state index is -1.26. The second kappa shape index (κ2) is 6.53. The first-order valence-electron chi connectivity index (χ1n) is 5.37. The Kier molecular flexibility index (Phi) is 5.31. The van der Waals surface area contributed by atoms with Crippen molar-refractivity contribution in [3.8, 4) is 0 Å². The smallest absolute Gasteiger partial charge is 0.355 e. The molecule has 19 heavy (non-hydrogen) atoms. The van der Waals surface area contributed by atoms with Crippen molar-refractivity contribution in [3.63, 3.8) is 0 Å². The molecule has 0 spiro atoms. The molecule has 1 aromatic rings. The molecular weight excluding hydrogens is 276 g/mol. The number of nitrogens with zero attached hydrogens (tertiary/aromatic N) is 1. The van der Waals surface area contributed by atoms with E-state index in [0.29, 0.717) is 0 Å². The van der Waals surface area contributed by atoms with Gasteiger partial charge in [0.2, 0.25) is 0 Å². The van der Waals surface area contributed by atoms with Gasteiger partial charge in [0, 0.05) is 5.38 Å². The van der Waals surface area contributed by atoms with E-state index in [4.69, 9.17) is 9.84 Å². The fraction of sp³-hybridized carbons (Fsp3) is 0.333. The quantitative estimate of drug-likeness (QED) is 0.815. The number of halogens is 2. The van der Waals surface area contributed by atoms with Crippen LogP contribution in [0.15, 0.2) is 23.6 Å². The highest BCUT2D eigenvalue weighted by Crippen LogP contribution is 2.30. The van der Waals surface area contributed by atoms with Crippen molar-refractivity contribution in [1.29, 1.82) is 0 Å². The summed E-state index contributed by atoms with van der Waals surface area (Å²) in [6.45, 7) is 6.04. The lowest BCUT2D eigenvalue weighted by Crippen LogP contribution is -2.06. The van der Waals surface area contributed by atoms with Gasteiger partial charge in [-0.15, -0.1) is 11.3 Å². The van der Waals surface area contributed by atoms with Gasteiger partial charge in [0.05, 0.1) is 18.3 Å². The van der Waals surface area contributed by atoms with Crippen LogP contribution >= 0.6 is 11.3 Å². The number of rotatable bonds is 6. The molecule has 4 nitrogen and oxygen atoms in total. The third-order valence-corrected chi connectivity index (χ3v) is 2.88. The number of aromatic nitrogens is 1. The van der Waals surface area contributed by atoms with E-state index in [-0.39, 0.29) is 16.8 Å². The predicted molar refractivity (Wildman–Crippen MR) is 68.4 cm³/mol. The van der Waals surface area contributed by atoms with Crippen molar-refractivity contribution < 1.29 is 23.4 Å². The van der Waals surface area contributed by atoms with Crippen molar-refractivity contribution in [3.05, 3.63) is 34.3 Å². The fourth-order valence-electron chi connectivity index (χ4n) is 1.18. The van der Waals surface area contributed by atoms with Crippen LogP contribution in [0.4, 0.5) is 8.78 Å². The highest BCUT2D eigenvalue weighted by atomic mass is 32.1. The van der Waals surface area contributed by atoms with E-state index in [1.807, 2.05) is 0 Å². The largest absolute Gasteiger partial charge is 0.476 e. The Hall–Kier alpha value is -1.60. The molecule has 0 radical (unpaired) electrons. The zero-order valence-corrected chi connectivity index (χ0v) is 11.3. The van der Waals surface area contributed by atoms with Gasteiger partial charge in [-0.2, -0.15) is 0 Å². The van der Waals surface area contributed by atoms with Gasteiger partial charge in [-0.05, 0) is 13.8 Å². The Bertz CT molecular complexity index is 523. The van der Waals surface area contributed by atoms with E-state index in [1.165, 1.54) is 5.38 Å². The summed E-state index contributed by atoms with van der Waals surface area (Å²) in [4.78, 5) is 14.3. The van der Waals surface area contributed by atoms with Gasteiger partial charge in [-0.25, -0.2) is 18.6 Å². The van der Waals surface area contributed by atoms with Crippen LogP contribution in [0.2, 0.25) is 0 Å². The Morgan fingerprint density at radius 1 is 1.58 bits per heavy atom. The van der Waals surface area contributed by atoms with Crippen LogP contribution in [0.25, 0.3) is 5.57 Å². The zero-order valence-electron chi connectivity index (χ0n) is 10.4. The van der Waals surface area contributed by atoms with Gasteiger partial charge in [0.1, 0.15) is 16.7 Å². The van der Waals surface area contributed by atoms with Crippen molar-refractivity contribution in [1.82, 2.24) is 4.98 Å². The molecule has 0 unspecified atom stereocenters. The van der Waals surface area contributed by atoms with Gasteiger partial charge in [-0.1, -0.05) is 6.58 Å². The molecular formula is C12H13F2NO3S. The molecule has 1 N–H and O–H groups in total. The van der Waals surface area contributed by atoms with Crippen LogP contribution in [0, 0.1) is 0 Å². The maximum Gasteiger partial charge on any atom is 0.355 e. The van der Waals surface area contributed by atoms with Crippen LogP contribution in [0.3, 0.4) is 0 Å². The van der Waals surface area contributed by atoms with E-state index < -0.39 is 29.8 Å². The van der Waals surface area contributed by atoms with E-state index in [1.54, 1.807) is 13.8 Å². The molecule has 0 bridgehead atoms. The molecule has 1 aromatic heterocycles. The number of thiazole rings is 1. The number of hydrogen-bond acceptors (Lipinski definition) is 4. The summed E-state index contributed by atoms with van der Waals surface area (Å²) in [6.07, 6.45) is -0.217. The molecule has 0 amide bonds. The lowest BCUT2D eigenvalue weighted by molar-refractivity contribution is 0.0691. The summed E-state index contributed by atoms with van der Waals surface area (Å²) >= 11 is 0.831. The minimum Gasteiger partial charge on any atom is -0.476 e. The summed E-state index contributed by atoms with van der Waals surface area (Å²) in [5.74, 6) is -3.14. The third kappa shape index (κ3) is 4.22. The molecule has 0 saturated carbocycles. The first-order chi connectivity index (χ1) is 8.82. The average Bonchev–Trinajstić information content (AvgIpc) is 2.75. The van der Waals surface area contributed by atoms with Crippen LogP contribution in [0.5, 0.6) is 0 Å². The third-order valence-electron chi connectivity index (χ3n) is 2.02.